The third-order valence-electron chi connectivity index (χ3n) is 4.78. The Labute approximate surface area is 144 Å². The van der Waals surface area contributed by atoms with Crippen LogP contribution in [0.25, 0.3) is 10.6 Å². The third kappa shape index (κ3) is 2.82. The number of nitrogens with zero attached hydrogens (tertiary/aromatic N) is 3. The minimum Gasteiger partial charge on any atom is -0.330 e. The van der Waals surface area contributed by atoms with Crippen LogP contribution in [0.2, 0.25) is 0 Å². The van der Waals surface area contributed by atoms with Gasteiger partial charge in [0.05, 0.1) is 6.54 Å². The molecule has 2 amide bonds. The summed E-state index contributed by atoms with van der Waals surface area (Å²) in [6, 6.07) is 10.3. The number of benzene rings is 1. The second-order valence-corrected chi connectivity index (χ2v) is 7.42. The maximum atomic E-state index is 12.4. The van der Waals surface area contributed by atoms with E-state index in [1.165, 1.54) is 0 Å². The van der Waals surface area contributed by atoms with Crippen LogP contribution in [0.4, 0.5) is 0 Å². The topological polar surface area (TPSA) is 53.5 Å². The van der Waals surface area contributed by atoms with E-state index in [0.717, 1.165) is 34.7 Å². The second kappa shape index (κ2) is 6.36. The van der Waals surface area contributed by atoms with Crippen LogP contribution in [-0.2, 0) is 16.1 Å². The lowest BCUT2D eigenvalue weighted by molar-refractivity contribution is -0.159. The number of carbonyl (C=O) groups is 2. The maximum Gasteiger partial charge on any atom is 0.312 e. The summed E-state index contributed by atoms with van der Waals surface area (Å²) < 4.78 is 0. The average Bonchev–Trinajstić information content (AvgIpc) is 3.02. The summed E-state index contributed by atoms with van der Waals surface area (Å²) in [5, 5.41) is 0.942. The summed E-state index contributed by atoms with van der Waals surface area (Å²) in [5.74, 6) is -0.707. The van der Waals surface area contributed by atoms with E-state index < -0.39 is 0 Å². The molecule has 124 valence electrons. The van der Waals surface area contributed by atoms with Gasteiger partial charge < -0.3 is 9.80 Å². The zero-order chi connectivity index (χ0) is 16.5. The molecule has 2 aromatic rings. The number of thiazole rings is 1. The maximum absolute atomic E-state index is 12.4. The Balaban J connectivity index is 1.43. The largest absolute Gasteiger partial charge is 0.330 e. The standard InChI is InChI=1S/C18H19N3O2S/c22-17-18(23)21(14-7-4-8-14)10-9-20(17)12-15-11-19-16(24-15)13-5-2-1-3-6-13/h1-3,5-6,11,14H,4,7-10,12H2. The van der Waals surface area contributed by atoms with Crippen LogP contribution in [0, 0.1) is 0 Å². The van der Waals surface area contributed by atoms with Gasteiger partial charge in [-0.3, -0.25) is 9.59 Å². The van der Waals surface area contributed by atoms with Crippen LogP contribution in [0.15, 0.2) is 36.5 Å². The average molecular weight is 341 g/mol. The lowest BCUT2D eigenvalue weighted by atomic mass is 9.91. The summed E-state index contributed by atoms with van der Waals surface area (Å²) >= 11 is 1.58. The van der Waals surface area contributed by atoms with Gasteiger partial charge in [-0.15, -0.1) is 11.3 Å². The Morgan fingerprint density at radius 3 is 2.58 bits per heavy atom. The molecule has 1 saturated heterocycles. The predicted octanol–water partition coefficient (Wildman–Crippen LogP) is 2.53. The molecule has 5 nitrogen and oxygen atoms in total. The van der Waals surface area contributed by atoms with Gasteiger partial charge in [0.25, 0.3) is 0 Å². The highest BCUT2D eigenvalue weighted by Gasteiger charge is 2.38. The fraction of sp³-hybridized carbons (Fsp3) is 0.389. The molecule has 4 rings (SSSR count). The van der Waals surface area contributed by atoms with E-state index in [1.807, 2.05) is 36.5 Å². The molecule has 1 aliphatic heterocycles. The number of amides is 2. The van der Waals surface area contributed by atoms with Crippen LogP contribution < -0.4 is 0 Å². The second-order valence-electron chi connectivity index (χ2n) is 6.31. The summed E-state index contributed by atoms with van der Waals surface area (Å²) in [6.07, 6.45) is 5.04. The van der Waals surface area contributed by atoms with Crippen molar-refractivity contribution in [3.8, 4) is 10.6 Å². The zero-order valence-electron chi connectivity index (χ0n) is 13.4. The highest BCUT2D eigenvalue weighted by atomic mass is 32.1. The molecule has 0 N–H and O–H groups in total. The van der Waals surface area contributed by atoms with Gasteiger partial charge in [0.2, 0.25) is 0 Å². The van der Waals surface area contributed by atoms with Gasteiger partial charge in [-0.2, -0.15) is 0 Å². The predicted molar refractivity (Wildman–Crippen MR) is 92.3 cm³/mol. The van der Waals surface area contributed by atoms with E-state index in [9.17, 15) is 9.59 Å². The molecule has 0 atom stereocenters. The van der Waals surface area contributed by atoms with Gasteiger partial charge in [0, 0.05) is 35.8 Å². The van der Waals surface area contributed by atoms with E-state index in [4.69, 9.17) is 0 Å². The van der Waals surface area contributed by atoms with Crippen molar-refractivity contribution < 1.29 is 9.59 Å². The molecule has 6 heteroatoms. The molecule has 2 heterocycles. The first-order valence-corrected chi connectivity index (χ1v) is 9.14. The van der Waals surface area contributed by atoms with Crippen LogP contribution in [0.1, 0.15) is 24.1 Å². The van der Waals surface area contributed by atoms with Crippen molar-refractivity contribution in [1.29, 1.82) is 0 Å². The molecule has 1 aromatic carbocycles. The molecule has 2 fully saturated rings. The Bertz CT molecular complexity index is 755. The Hall–Kier alpha value is -2.21. The molecule has 2 aliphatic rings. The SMILES string of the molecule is O=C1C(=O)N(C2CCC2)CCN1Cc1cnc(-c2ccccc2)s1. The summed E-state index contributed by atoms with van der Waals surface area (Å²) in [6.45, 7) is 1.73. The molecule has 1 aliphatic carbocycles. The van der Waals surface area contributed by atoms with E-state index in [1.54, 1.807) is 21.1 Å². The van der Waals surface area contributed by atoms with Gasteiger partial charge >= 0.3 is 11.8 Å². The molecule has 1 aromatic heterocycles. The number of hydrogen-bond acceptors (Lipinski definition) is 4. The van der Waals surface area contributed by atoms with Crippen molar-refractivity contribution in [3.63, 3.8) is 0 Å². The molecule has 24 heavy (non-hydrogen) atoms. The minimum absolute atomic E-state index is 0.289. The molecule has 1 saturated carbocycles. The zero-order valence-corrected chi connectivity index (χ0v) is 14.2. The van der Waals surface area contributed by atoms with Crippen LogP contribution in [-0.4, -0.2) is 45.7 Å². The number of piperazine rings is 1. The van der Waals surface area contributed by atoms with Gasteiger partial charge in [0.1, 0.15) is 5.01 Å². The Kier molecular flexibility index (Phi) is 4.06. The van der Waals surface area contributed by atoms with E-state index in [2.05, 4.69) is 4.98 Å². The first-order valence-electron chi connectivity index (χ1n) is 8.32. The highest BCUT2D eigenvalue weighted by Crippen LogP contribution is 2.28. The quantitative estimate of drug-likeness (QED) is 0.803. The summed E-state index contributed by atoms with van der Waals surface area (Å²) in [7, 11) is 0. The molecular formula is C18H19N3O2S. The monoisotopic (exact) mass is 341 g/mol. The highest BCUT2D eigenvalue weighted by molar-refractivity contribution is 7.15. The van der Waals surface area contributed by atoms with Gasteiger partial charge in [-0.25, -0.2) is 4.98 Å². The van der Waals surface area contributed by atoms with Crippen molar-refractivity contribution in [2.24, 2.45) is 0 Å². The van der Waals surface area contributed by atoms with E-state index in [0.29, 0.717) is 19.6 Å². The summed E-state index contributed by atoms with van der Waals surface area (Å²) in [4.78, 5) is 33.6. The third-order valence-corrected chi connectivity index (χ3v) is 5.81. The minimum atomic E-state index is -0.372. The van der Waals surface area contributed by atoms with E-state index in [-0.39, 0.29) is 17.9 Å². The van der Waals surface area contributed by atoms with E-state index >= 15 is 0 Å². The molecule has 0 radical (unpaired) electrons. The van der Waals surface area contributed by atoms with Gasteiger partial charge in [0.15, 0.2) is 0 Å². The lowest BCUT2D eigenvalue weighted by Gasteiger charge is -2.42. The van der Waals surface area contributed by atoms with Crippen LogP contribution in [0.3, 0.4) is 0 Å². The smallest absolute Gasteiger partial charge is 0.312 e. The molecular weight excluding hydrogens is 322 g/mol. The van der Waals surface area contributed by atoms with Gasteiger partial charge in [-0.05, 0) is 19.3 Å². The fourth-order valence-electron chi connectivity index (χ4n) is 3.17. The first kappa shape index (κ1) is 15.3. The Morgan fingerprint density at radius 1 is 1.08 bits per heavy atom. The summed E-state index contributed by atoms with van der Waals surface area (Å²) in [5.41, 5.74) is 1.07. The number of aromatic nitrogens is 1. The number of hydrogen-bond donors (Lipinski definition) is 0. The van der Waals surface area contributed by atoms with Crippen LogP contribution >= 0.6 is 11.3 Å². The Morgan fingerprint density at radius 2 is 1.88 bits per heavy atom. The number of rotatable bonds is 4. The van der Waals surface area contributed by atoms with Crippen molar-refractivity contribution in [2.75, 3.05) is 13.1 Å². The van der Waals surface area contributed by atoms with Crippen molar-refractivity contribution in [3.05, 3.63) is 41.4 Å². The van der Waals surface area contributed by atoms with Crippen molar-refractivity contribution >= 4 is 23.2 Å². The molecule has 0 bridgehead atoms. The van der Waals surface area contributed by atoms with Gasteiger partial charge in [-0.1, -0.05) is 30.3 Å². The first-order chi connectivity index (χ1) is 11.7. The number of carbonyl (C=O) groups excluding carboxylic acids is 2. The van der Waals surface area contributed by atoms with Crippen molar-refractivity contribution in [2.45, 2.75) is 31.8 Å². The van der Waals surface area contributed by atoms with Crippen LogP contribution in [0.5, 0.6) is 0 Å². The molecule has 0 unspecified atom stereocenters. The molecule has 0 spiro atoms. The van der Waals surface area contributed by atoms with Crippen molar-refractivity contribution in [1.82, 2.24) is 14.8 Å². The normalized spacial score (nSPS) is 18.8. The lowest BCUT2D eigenvalue weighted by Crippen LogP contribution is -2.58. The fourth-order valence-corrected chi connectivity index (χ4v) is 4.10.